The van der Waals surface area contributed by atoms with Crippen LogP contribution in [0.15, 0.2) is 12.3 Å². The molecule has 3 N–H and O–H groups in total. The smallest absolute Gasteiger partial charge is 0.149 e. The number of nitrogens with zero attached hydrogens (tertiary/aromatic N) is 2. The van der Waals surface area contributed by atoms with E-state index in [2.05, 4.69) is 22.4 Å². The minimum atomic E-state index is 0.000718. The lowest BCUT2D eigenvalue weighted by Gasteiger charge is -2.43. The monoisotopic (exact) mass is 234 g/mol. The fourth-order valence-electron chi connectivity index (χ4n) is 2.73. The Kier molecular flexibility index (Phi) is 3.62. The first-order chi connectivity index (χ1) is 8.16. The lowest BCUT2D eigenvalue weighted by atomic mass is 9.73. The highest BCUT2D eigenvalue weighted by molar-refractivity contribution is 5.39. The number of aryl methyl sites for hydroxylation is 1. The molecule has 1 aliphatic rings. The van der Waals surface area contributed by atoms with Crippen LogP contribution in [-0.4, -0.2) is 22.3 Å². The standard InChI is InChI=1S/C13H22N4/c1-10-7-12(17-15-8-10)16-13(9-14)6-4-3-5-11(13)2/h7-8,11H,3-6,9,14H2,1-2H3,(H,16,17). The first-order valence-electron chi connectivity index (χ1n) is 6.44. The Bertz CT molecular complexity index is 379. The minimum absolute atomic E-state index is 0.000718. The van der Waals surface area contributed by atoms with Gasteiger partial charge in [0.25, 0.3) is 0 Å². The second kappa shape index (κ2) is 5.00. The van der Waals surface area contributed by atoms with E-state index in [1.807, 2.05) is 13.0 Å². The van der Waals surface area contributed by atoms with Crippen molar-refractivity contribution in [1.82, 2.24) is 10.2 Å². The van der Waals surface area contributed by atoms with Crippen LogP contribution < -0.4 is 11.1 Å². The number of anilines is 1. The van der Waals surface area contributed by atoms with E-state index in [0.717, 1.165) is 17.8 Å². The molecule has 0 radical (unpaired) electrons. The van der Waals surface area contributed by atoms with Crippen molar-refractivity contribution in [2.45, 2.75) is 45.1 Å². The third-order valence-electron chi connectivity index (χ3n) is 3.99. The number of aromatic nitrogens is 2. The molecular weight excluding hydrogens is 212 g/mol. The number of hydrogen-bond donors (Lipinski definition) is 2. The zero-order valence-corrected chi connectivity index (χ0v) is 10.7. The van der Waals surface area contributed by atoms with Gasteiger partial charge in [0.15, 0.2) is 0 Å². The van der Waals surface area contributed by atoms with Gasteiger partial charge in [-0.05, 0) is 37.3 Å². The van der Waals surface area contributed by atoms with Gasteiger partial charge in [-0.2, -0.15) is 5.10 Å². The fourth-order valence-corrected chi connectivity index (χ4v) is 2.73. The molecule has 1 aromatic rings. The van der Waals surface area contributed by atoms with Crippen molar-refractivity contribution < 1.29 is 0 Å². The van der Waals surface area contributed by atoms with Gasteiger partial charge in [-0.1, -0.05) is 19.8 Å². The van der Waals surface area contributed by atoms with E-state index < -0.39 is 0 Å². The van der Waals surface area contributed by atoms with Crippen LogP contribution in [0.3, 0.4) is 0 Å². The summed E-state index contributed by atoms with van der Waals surface area (Å²) in [5.41, 5.74) is 7.13. The van der Waals surface area contributed by atoms with Gasteiger partial charge in [-0.15, -0.1) is 5.10 Å². The van der Waals surface area contributed by atoms with Crippen LogP contribution in [0.4, 0.5) is 5.82 Å². The van der Waals surface area contributed by atoms with Gasteiger partial charge in [0, 0.05) is 6.54 Å². The van der Waals surface area contributed by atoms with Crippen molar-refractivity contribution >= 4 is 5.82 Å². The molecule has 1 aromatic heterocycles. The summed E-state index contributed by atoms with van der Waals surface area (Å²) in [5, 5.41) is 11.7. The molecule has 0 aliphatic heterocycles. The van der Waals surface area contributed by atoms with Crippen LogP contribution in [0.25, 0.3) is 0 Å². The molecule has 17 heavy (non-hydrogen) atoms. The summed E-state index contributed by atoms with van der Waals surface area (Å²) in [7, 11) is 0. The van der Waals surface area contributed by atoms with E-state index in [0.29, 0.717) is 12.5 Å². The van der Waals surface area contributed by atoms with Crippen LogP contribution in [-0.2, 0) is 0 Å². The second-order valence-electron chi connectivity index (χ2n) is 5.25. The predicted molar refractivity (Wildman–Crippen MR) is 69.8 cm³/mol. The molecule has 0 spiro atoms. The van der Waals surface area contributed by atoms with Crippen molar-refractivity contribution in [2.75, 3.05) is 11.9 Å². The molecule has 1 aliphatic carbocycles. The Labute approximate surface area is 103 Å². The third-order valence-corrected chi connectivity index (χ3v) is 3.99. The van der Waals surface area contributed by atoms with Crippen LogP contribution in [0.2, 0.25) is 0 Å². The first kappa shape index (κ1) is 12.3. The Morgan fingerprint density at radius 2 is 2.35 bits per heavy atom. The maximum absolute atomic E-state index is 6.00. The van der Waals surface area contributed by atoms with E-state index in [9.17, 15) is 0 Å². The number of nitrogens with two attached hydrogens (primary N) is 1. The average Bonchev–Trinajstić information content (AvgIpc) is 2.32. The maximum Gasteiger partial charge on any atom is 0.149 e. The molecule has 1 saturated carbocycles. The Morgan fingerprint density at radius 3 is 3.00 bits per heavy atom. The predicted octanol–water partition coefficient (Wildman–Crippen LogP) is 2.10. The molecule has 0 bridgehead atoms. The summed E-state index contributed by atoms with van der Waals surface area (Å²) in [5.74, 6) is 1.44. The van der Waals surface area contributed by atoms with Gasteiger partial charge in [0.1, 0.15) is 5.82 Å². The average molecular weight is 234 g/mol. The molecule has 1 heterocycles. The molecule has 2 atom stereocenters. The summed E-state index contributed by atoms with van der Waals surface area (Å²) in [6.07, 6.45) is 6.69. The second-order valence-corrected chi connectivity index (χ2v) is 5.25. The van der Waals surface area contributed by atoms with Gasteiger partial charge in [-0.3, -0.25) is 0 Å². The molecule has 1 fully saturated rings. The van der Waals surface area contributed by atoms with Gasteiger partial charge in [-0.25, -0.2) is 0 Å². The molecule has 2 rings (SSSR count). The van der Waals surface area contributed by atoms with E-state index >= 15 is 0 Å². The first-order valence-corrected chi connectivity index (χ1v) is 6.44. The molecule has 0 saturated heterocycles. The fraction of sp³-hybridized carbons (Fsp3) is 0.692. The van der Waals surface area contributed by atoms with Gasteiger partial charge in [0.2, 0.25) is 0 Å². The van der Waals surface area contributed by atoms with Crippen LogP contribution in [0, 0.1) is 12.8 Å². The van der Waals surface area contributed by atoms with E-state index in [-0.39, 0.29) is 5.54 Å². The van der Waals surface area contributed by atoms with Crippen molar-refractivity contribution in [2.24, 2.45) is 11.7 Å². The zero-order chi connectivity index (χ0) is 12.3. The molecular formula is C13H22N4. The number of nitrogens with one attached hydrogen (secondary N) is 1. The zero-order valence-electron chi connectivity index (χ0n) is 10.7. The Hall–Kier alpha value is -1.16. The van der Waals surface area contributed by atoms with E-state index in [1.54, 1.807) is 6.20 Å². The number of rotatable bonds is 3. The SMILES string of the molecule is Cc1cnnc(NC2(CN)CCCCC2C)c1. The lowest BCUT2D eigenvalue weighted by molar-refractivity contribution is 0.235. The van der Waals surface area contributed by atoms with Gasteiger partial charge in [0.05, 0.1) is 11.7 Å². The van der Waals surface area contributed by atoms with Crippen LogP contribution in [0.1, 0.15) is 38.2 Å². The summed E-state index contributed by atoms with van der Waals surface area (Å²) >= 11 is 0. The van der Waals surface area contributed by atoms with E-state index in [4.69, 9.17) is 5.73 Å². The summed E-state index contributed by atoms with van der Waals surface area (Å²) in [6.45, 7) is 4.96. The van der Waals surface area contributed by atoms with Crippen molar-refractivity contribution in [1.29, 1.82) is 0 Å². The molecule has 0 amide bonds. The Balaban J connectivity index is 2.18. The van der Waals surface area contributed by atoms with Crippen molar-refractivity contribution in [3.8, 4) is 0 Å². The summed E-state index contributed by atoms with van der Waals surface area (Å²) < 4.78 is 0. The number of hydrogen-bond acceptors (Lipinski definition) is 4. The summed E-state index contributed by atoms with van der Waals surface area (Å²) in [6, 6.07) is 2.03. The van der Waals surface area contributed by atoms with Crippen LogP contribution >= 0.6 is 0 Å². The largest absolute Gasteiger partial charge is 0.362 e. The van der Waals surface area contributed by atoms with Gasteiger partial charge >= 0.3 is 0 Å². The quantitative estimate of drug-likeness (QED) is 0.840. The molecule has 0 aromatic carbocycles. The maximum atomic E-state index is 6.00. The molecule has 2 unspecified atom stereocenters. The Morgan fingerprint density at radius 1 is 1.53 bits per heavy atom. The van der Waals surface area contributed by atoms with Gasteiger partial charge < -0.3 is 11.1 Å². The highest BCUT2D eigenvalue weighted by Crippen LogP contribution is 2.35. The molecule has 94 valence electrons. The highest BCUT2D eigenvalue weighted by atomic mass is 15.2. The van der Waals surface area contributed by atoms with Crippen molar-refractivity contribution in [3.63, 3.8) is 0 Å². The van der Waals surface area contributed by atoms with Crippen LogP contribution in [0.5, 0.6) is 0 Å². The van der Waals surface area contributed by atoms with Crippen molar-refractivity contribution in [3.05, 3.63) is 17.8 Å². The topological polar surface area (TPSA) is 63.8 Å². The third kappa shape index (κ3) is 2.57. The van der Waals surface area contributed by atoms with E-state index in [1.165, 1.54) is 19.3 Å². The normalized spacial score (nSPS) is 29.0. The summed E-state index contributed by atoms with van der Waals surface area (Å²) in [4.78, 5) is 0. The minimum Gasteiger partial charge on any atom is -0.362 e. The molecule has 4 heteroatoms. The lowest BCUT2D eigenvalue weighted by Crippen LogP contribution is -2.52. The highest BCUT2D eigenvalue weighted by Gasteiger charge is 2.37. The molecule has 4 nitrogen and oxygen atoms in total.